The number of ether oxygens (including phenoxy) is 10. The summed E-state index contributed by atoms with van der Waals surface area (Å²) in [7, 11) is 1.32. The van der Waals surface area contributed by atoms with Crippen molar-refractivity contribution in [1.82, 2.24) is 5.32 Å². The highest BCUT2D eigenvalue weighted by molar-refractivity contribution is 5.70. The third-order valence-corrected chi connectivity index (χ3v) is 4.92. The summed E-state index contributed by atoms with van der Waals surface area (Å²) in [4.78, 5) is 10.8. The molecular weight excluding hydrogens is 478 g/mol. The van der Waals surface area contributed by atoms with Crippen LogP contribution >= 0.6 is 0 Å². The van der Waals surface area contributed by atoms with Crippen LogP contribution in [0.2, 0.25) is 0 Å². The molecule has 1 fully saturated rings. The van der Waals surface area contributed by atoms with E-state index in [2.05, 4.69) is 10.1 Å². The summed E-state index contributed by atoms with van der Waals surface area (Å²) >= 11 is 0. The summed E-state index contributed by atoms with van der Waals surface area (Å²) in [5.41, 5.74) is 0. The van der Waals surface area contributed by atoms with Crippen LogP contribution in [0.25, 0.3) is 0 Å². The average Bonchev–Trinajstić information content (AvgIpc) is 2.91. The first kappa shape index (κ1) is 33.1. The minimum atomic E-state index is -0.402. The summed E-state index contributed by atoms with van der Waals surface area (Å²) in [5.74, 6) is -0.402. The SMILES string of the molecule is COC(=O)COCCOCCOCCOCCOCCOCCOCCOCCOC1CCNCC1. The molecule has 1 saturated heterocycles. The molecule has 0 atom stereocenters. The van der Waals surface area contributed by atoms with Gasteiger partial charge in [0.25, 0.3) is 0 Å². The lowest BCUT2D eigenvalue weighted by Crippen LogP contribution is -2.33. The second kappa shape index (κ2) is 27.1. The van der Waals surface area contributed by atoms with Crippen LogP contribution in [0, 0.1) is 0 Å². The molecule has 36 heavy (non-hydrogen) atoms. The minimum Gasteiger partial charge on any atom is -0.467 e. The van der Waals surface area contributed by atoms with Crippen molar-refractivity contribution in [3.63, 3.8) is 0 Å². The summed E-state index contributed by atoms with van der Waals surface area (Å²) in [6.45, 7) is 10.1. The molecule has 0 aromatic rings. The molecule has 0 bridgehead atoms. The Bertz CT molecular complexity index is 467. The van der Waals surface area contributed by atoms with Crippen molar-refractivity contribution in [2.75, 3.05) is 133 Å². The lowest BCUT2D eigenvalue weighted by Gasteiger charge is -2.22. The van der Waals surface area contributed by atoms with Crippen molar-refractivity contribution in [2.45, 2.75) is 18.9 Å². The first-order valence-corrected chi connectivity index (χ1v) is 12.8. The molecule has 0 radical (unpaired) electrons. The van der Waals surface area contributed by atoms with E-state index in [0.717, 1.165) is 25.9 Å². The van der Waals surface area contributed by atoms with E-state index in [1.807, 2.05) is 0 Å². The average molecular weight is 526 g/mol. The highest BCUT2D eigenvalue weighted by Crippen LogP contribution is 2.06. The van der Waals surface area contributed by atoms with E-state index in [0.29, 0.717) is 112 Å². The molecule has 1 heterocycles. The number of rotatable bonds is 27. The fraction of sp³-hybridized carbons (Fsp3) is 0.958. The Kier molecular flexibility index (Phi) is 24.9. The number of esters is 1. The van der Waals surface area contributed by atoms with Crippen LogP contribution in [0.5, 0.6) is 0 Å². The van der Waals surface area contributed by atoms with Gasteiger partial charge in [0, 0.05) is 0 Å². The van der Waals surface area contributed by atoms with E-state index in [1.165, 1.54) is 7.11 Å². The van der Waals surface area contributed by atoms with Gasteiger partial charge in [-0.2, -0.15) is 0 Å². The maximum atomic E-state index is 10.8. The zero-order chi connectivity index (χ0) is 25.8. The van der Waals surface area contributed by atoms with Gasteiger partial charge in [0.2, 0.25) is 0 Å². The topological polar surface area (TPSA) is 121 Å². The van der Waals surface area contributed by atoms with Crippen LogP contribution in [0.4, 0.5) is 0 Å². The molecule has 12 nitrogen and oxygen atoms in total. The van der Waals surface area contributed by atoms with Gasteiger partial charge in [-0.15, -0.1) is 0 Å². The van der Waals surface area contributed by atoms with E-state index in [9.17, 15) is 4.79 Å². The van der Waals surface area contributed by atoms with Crippen LogP contribution in [0.15, 0.2) is 0 Å². The Balaban J connectivity index is 1.62. The lowest BCUT2D eigenvalue weighted by molar-refractivity contribution is -0.146. The second-order valence-corrected chi connectivity index (χ2v) is 7.74. The summed E-state index contributed by atoms with van der Waals surface area (Å²) in [5, 5.41) is 3.32. The molecular formula is C24H47NO11. The number of piperidine rings is 1. The third kappa shape index (κ3) is 23.5. The normalized spacial score (nSPS) is 14.4. The van der Waals surface area contributed by atoms with Gasteiger partial charge < -0.3 is 52.7 Å². The van der Waals surface area contributed by atoms with Gasteiger partial charge in [-0.25, -0.2) is 4.79 Å². The number of methoxy groups -OCH3 is 1. The summed E-state index contributed by atoms with van der Waals surface area (Å²) < 4.78 is 53.3. The van der Waals surface area contributed by atoms with Crippen LogP contribution < -0.4 is 5.32 Å². The van der Waals surface area contributed by atoms with Gasteiger partial charge in [-0.1, -0.05) is 0 Å². The predicted octanol–water partition coefficient (Wildman–Crippen LogP) is 0.0608. The van der Waals surface area contributed by atoms with Crippen LogP contribution in [-0.2, 0) is 52.2 Å². The Morgan fingerprint density at radius 1 is 0.556 bits per heavy atom. The molecule has 0 amide bonds. The third-order valence-electron chi connectivity index (χ3n) is 4.92. The fourth-order valence-corrected chi connectivity index (χ4v) is 2.99. The zero-order valence-corrected chi connectivity index (χ0v) is 21.9. The van der Waals surface area contributed by atoms with Gasteiger partial charge >= 0.3 is 5.97 Å². The maximum absolute atomic E-state index is 10.8. The Labute approximate surface area is 215 Å². The first-order chi connectivity index (χ1) is 17.8. The molecule has 0 aromatic carbocycles. The van der Waals surface area contributed by atoms with Crippen molar-refractivity contribution < 1.29 is 52.2 Å². The van der Waals surface area contributed by atoms with Gasteiger partial charge in [-0.3, -0.25) is 0 Å². The largest absolute Gasteiger partial charge is 0.467 e. The van der Waals surface area contributed by atoms with Gasteiger partial charge in [0.15, 0.2) is 0 Å². The highest BCUT2D eigenvalue weighted by atomic mass is 16.6. The molecule has 1 aliphatic rings. The maximum Gasteiger partial charge on any atom is 0.331 e. The monoisotopic (exact) mass is 525 g/mol. The Hall–Kier alpha value is -0.930. The van der Waals surface area contributed by atoms with Crippen molar-refractivity contribution in [2.24, 2.45) is 0 Å². The number of hydrogen-bond donors (Lipinski definition) is 1. The van der Waals surface area contributed by atoms with Crippen molar-refractivity contribution in [1.29, 1.82) is 0 Å². The molecule has 12 heteroatoms. The smallest absolute Gasteiger partial charge is 0.331 e. The van der Waals surface area contributed by atoms with E-state index in [4.69, 9.17) is 42.6 Å². The number of carbonyl (C=O) groups is 1. The standard InChI is InChI=1S/C24H47NO11/c1-27-24(26)22-35-19-18-33-15-14-31-11-10-29-7-6-28-8-9-30-12-13-32-16-17-34-20-21-36-23-2-4-25-5-3-23/h23,25H,2-22H2,1H3. The molecule has 214 valence electrons. The first-order valence-electron chi connectivity index (χ1n) is 12.8. The molecule has 1 N–H and O–H groups in total. The van der Waals surface area contributed by atoms with Gasteiger partial charge in [-0.05, 0) is 25.9 Å². The molecule has 0 saturated carbocycles. The Morgan fingerprint density at radius 3 is 1.25 bits per heavy atom. The molecule has 1 aliphatic heterocycles. The fourth-order valence-electron chi connectivity index (χ4n) is 2.99. The second-order valence-electron chi connectivity index (χ2n) is 7.74. The quantitative estimate of drug-likeness (QED) is 0.115. The van der Waals surface area contributed by atoms with Crippen molar-refractivity contribution in [3.8, 4) is 0 Å². The van der Waals surface area contributed by atoms with Crippen LogP contribution in [0.3, 0.4) is 0 Å². The predicted molar refractivity (Wildman–Crippen MR) is 130 cm³/mol. The van der Waals surface area contributed by atoms with Crippen molar-refractivity contribution in [3.05, 3.63) is 0 Å². The molecule has 0 unspecified atom stereocenters. The number of nitrogens with one attached hydrogen (secondary N) is 1. The number of hydrogen-bond acceptors (Lipinski definition) is 12. The highest BCUT2D eigenvalue weighted by Gasteiger charge is 2.12. The molecule has 0 aliphatic carbocycles. The van der Waals surface area contributed by atoms with Crippen LogP contribution in [-0.4, -0.2) is 145 Å². The van der Waals surface area contributed by atoms with Crippen molar-refractivity contribution >= 4 is 5.97 Å². The molecule has 0 spiro atoms. The van der Waals surface area contributed by atoms with Crippen LogP contribution in [0.1, 0.15) is 12.8 Å². The van der Waals surface area contributed by atoms with Gasteiger partial charge in [0.05, 0.1) is 119 Å². The minimum absolute atomic E-state index is 0.0638. The summed E-state index contributed by atoms with van der Waals surface area (Å²) in [6, 6.07) is 0. The van der Waals surface area contributed by atoms with E-state index in [-0.39, 0.29) is 6.61 Å². The lowest BCUT2D eigenvalue weighted by atomic mass is 10.1. The summed E-state index contributed by atoms with van der Waals surface area (Å²) in [6.07, 6.45) is 2.53. The van der Waals surface area contributed by atoms with E-state index < -0.39 is 5.97 Å². The zero-order valence-electron chi connectivity index (χ0n) is 21.9. The Morgan fingerprint density at radius 2 is 0.889 bits per heavy atom. The van der Waals surface area contributed by atoms with Gasteiger partial charge in [0.1, 0.15) is 6.61 Å². The number of carbonyl (C=O) groups excluding carboxylic acids is 1. The van der Waals surface area contributed by atoms with E-state index in [1.54, 1.807) is 0 Å². The molecule has 0 aromatic heterocycles. The van der Waals surface area contributed by atoms with E-state index >= 15 is 0 Å². The molecule has 1 rings (SSSR count).